The first-order valence-corrected chi connectivity index (χ1v) is 9.29. The molecule has 0 bridgehead atoms. The first-order valence-electron chi connectivity index (χ1n) is 9.29. The van der Waals surface area contributed by atoms with Crippen molar-refractivity contribution < 1.29 is 9.47 Å². The zero-order chi connectivity index (χ0) is 18.7. The van der Waals surface area contributed by atoms with E-state index in [1.807, 2.05) is 19.1 Å². The van der Waals surface area contributed by atoms with Gasteiger partial charge in [0.25, 0.3) is 0 Å². The van der Waals surface area contributed by atoms with Crippen LogP contribution in [0.15, 0.2) is 30.3 Å². The van der Waals surface area contributed by atoms with Crippen molar-refractivity contribution in [3.05, 3.63) is 41.6 Å². The Balaban J connectivity index is 0.00000225. The van der Waals surface area contributed by atoms with Crippen LogP contribution in [0, 0.1) is 18.3 Å². The number of ether oxygens (including phenoxy) is 2. The fourth-order valence-electron chi connectivity index (χ4n) is 3.61. The van der Waals surface area contributed by atoms with E-state index in [1.165, 1.54) is 0 Å². The van der Waals surface area contributed by atoms with Crippen molar-refractivity contribution >= 4 is 18.4 Å². The smallest absolute Gasteiger partial charge is 0.228 e. The molecule has 1 N–H and O–H groups in total. The second-order valence-corrected chi connectivity index (χ2v) is 7.08. The van der Waals surface area contributed by atoms with Crippen LogP contribution in [0.5, 0.6) is 11.6 Å². The van der Waals surface area contributed by atoms with E-state index in [1.54, 1.807) is 18.2 Å². The number of piperidine rings is 1. The Morgan fingerprint density at radius 2 is 2.07 bits per heavy atom. The lowest BCUT2D eigenvalue weighted by Crippen LogP contribution is -2.55. The lowest BCUT2D eigenvalue weighted by molar-refractivity contribution is -0.0801. The van der Waals surface area contributed by atoms with E-state index in [0.29, 0.717) is 23.1 Å². The van der Waals surface area contributed by atoms with Crippen LogP contribution in [-0.4, -0.2) is 48.4 Å². The highest BCUT2D eigenvalue weighted by atomic mass is 35.5. The number of nitrogens with one attached hydrogen (secondary N) is 1. The van der Waals surface area contributed by atoms with E-state index in [9.17, 15) is 0 Å². The maximum atomic E-state index is 9.04. The van der Waals surface area contributed by atoms with E-state index in [0.717, 1.165) is 51.3 Å². The summed E-state index contributed by atoms with van der Waals surface area (Å²) in [5.41, 5.74) is 1.36. The van der Waals surface area contributed by atoms with Crippen LogP contribution in [0.3, 0.4) is 0 Å². The van der Waals surface area contributed by atoms with Gasteiger partial charge in [0, 0.05) is 37.9 Å². The molecule has 0 amide bonds. The van der Waals surface area contributed by atoms with Gasteiger partial charge >= 0.3 is 0 Å². The van der Waals surface area contributed by atoms with Gasteiger partial charge in [-0.05, 0) is 38.0 Å². The molecular formula is C20H24ClN5O2. The van der Waals surface area contributed by atoms with E-state index in [-0.39, 0.29) is 18.0 Å². The molecule has 1 aromatic heterocycles. The van der Waals surface area contributed by atoms with Gasteiger partial charge in [0.2, 0.25) is 11.8 Å². The Bertz CT molecular complexity index is 854. The first kappa shape index (κ1) is 20.3. The summed E-state index contributed by atoms with van der Waals surface area (Å²) >= 11 is 0. The number of anilines is 1. The molecule has 2 aliphatic heterocycles. The summed E-state index contributed by atoms with van der Waals surface area (Å²) in [6.07, 6.45) is 1.91. The molecule has 0 radical (unpaired) electrons. The Hall–Kier alpha value is -2.40. The summed E-state index contributed by atoms with van der Waals surface area (Å²) in [4.78, 5) is 11.4. The molecule has 0 saturated carbocycles. The second kappa shape index (κ2) is 8.74. The van der Waals surface area contributed by atoms with Gasteiger partial charge in [0.15, 0.2) is 0 Å². The predicted octanol–water partition coefficient (Wildman–Crippen LogP) is 2.83. The van der Waals surface area contributed by atoms with Crippen molar-refractivity contribution in [3.8, 4) is 17.7 Å². The van der Waals surface area contributed by atoms with E-state index < -0.39 is 0 Å². The quantitative estimate of drug-likeness (QED) is 0.846. The molecule has 0 atom stereocenters. The molecule has 1 aromatic carbocycles. The lowest BCUT2D eigenvalue weighted by atomic mass is 9.90. The van der Waals surface area contributed by atoms with E-state index in [2.05, 4.69) is 26.3 Å². The SMILES string of the molecule is Cc1cc(Oc2cccc(C#N)c2)nc(N2CCC3(CC2)CNCCO3)n1.Cl. The van der Waals surface area contributed by atoms with Crippen molar-refractivity contribution in [1.29, 1.82) is 5.26 Å². The molecule has 28 heavy (non-hydrogen) atoms. The Labute approximate surface area is 171 Å². The first-order chi connectivity index (χ1) is 13.2. The summed E-state index contributed by atoms with van der Waals surface area (Å²) in [7, 11) is 0. The molecule has 2 fully saturated rings. The lowest BCUT2D eigenvalue weighted by Gasteiger charge is -2.44. The fourth-order valence-corrected chi connectivity index (χ4v) is 3.61. The summed E-state index contributed by atoms with van der Waals surface area (Å²) in [5.74, 6) is 1.76. The third-order valence-electron chi connectivity index (χ3n) is 5.10. The minimum absolute atomic E-state index is 0. The van der Waals surface area contributed by atoms with Crippen LogP contribution in [0.2, 0.25) is 0 Å². The number of aromatic nitrogens is 2. The maximum absolute atomic E-state index is 9.04. The zero-order valence-electron chi connectivity index (χ0n) is 15.9. The van der Waals surface area contributed by atoms with Gasteiger partial charge in [0.1, 0.15) is 5.75 Å². The molecule has 148 valence electrons. The molecular weight excluding hydrogens is 378 g/mol. The van der Waals surface area contributed by atoms with Gasteiger partial charge in [-0.3, -0.25) is 0 Å². The van der Waals surface area contributed by atoms with Crippen molar-refractivity contribution in [2.75, 3.05) is 37.7 Å². The summed E-state index contributed by atoms with van der Waals surface area (Å²) < 4.78 is 11.9. The van der Waals surface area contributed by atoms with Crippen molar-refractivity contribution in [2.24, 2.45) is 0 Å². The van der Waals surface area contributed by atoms with Crippen LogP contribution in [-0.2, 0) is 4.74 Å². The van der Waals surface area contributed by atoms with Gasteiger partial charge in [-0.15, -0.1) is 12.4 Å². The van der Waals surface area contributed by atoms with Gasteiger partial charge in [-0.1, -0.05) is 6.07 Å². The minimum Gasteiger partial charge on any atom is -0.439 e. The van der Waals surface area contributed by atoms with Crippen LogP contribution in [0.4, 0.5) is 5.95 Å². The van der Waals surface area contributed by atoms with Gasteiger partial charge in [-0.2, -0.15) is 10.2 Å². The molecule has 2 saturated heterocycles. The van der Waals surface area contributed by atoms with Crippen LogP contribution >= 0.6 is 12.4 Å². The third kappa shape index (κ3) is 4.53. The van der Waals surface area contributed by atoms with Crippen LogP contribution in [0.25, 0.3) is 0 Å². The molecule has 0 aliphatic carbocycles. The molecule has 4 rings (SSSR count). The van der Waals surface area contributed by atoms with Gasteiger partial charge in [0.05, 0.1) is 23.8 Å². The molecule has 7 nitrogen and oxygen atoms in total. The average Bonchev–Trinajstić information content (AvgIpc) is 2.69. The van der Waals surface area contributed by atoms with Crippen LogP contribution < -0.4 is 15.0 Å². The topological polar surface area (TPSA) is 83.3 Å². The van der Waals surface area contributed by atoms with Crippen molar-refractivity contribution in [2.45, 2.75) is 25.4 Å². The van der Waals surface area contributed by atoms with Gasteiger partial charge < -0.3 is 19.7 Å². The number of nitriles is 1. The fraction of sp³-hybridized carbons (Fsp3) is 0.450. The van der Waals surface area contributed by atoms with E-state index in [4.69, 9.17) is 14.7 Å². The highest BCUT2D eigenvalue weighted by Crippen LogP contribution is 2.30. The highest BCUT2D eigenvalue weighted by Gasteiger charge is 2.37. The standard InChI is InChI=1S/C20H23N5O2.ClH/c1-15-11-18(27-17-4-2-3-16(12-17)13-21)24-19(23-15)25-8-5-20(6-9-25)14-22-7-10-26-20;/h2-4,11-12,22H,5-10,14H2,1H3;1H. The van der Waals surface area contributed by atoms with Gasteiger partial charge in [-0.25, -0.2) is 4.98 Å². The normalized spacial score (nSPS) is 18.2. The molecule has 1 spiro atoms. The Morgan fingerprint density at radius 1 is 1.25 bits per heavy atom. The summed E-state index contributed by atoms with van der Waals surface area (Å²) in [5, 5.41) is 12.5. The number of aryl methyl sites for hydroxylation is 1. The number of benzene rings is 1. The Kier molecular flexibility index (Phi) is 6.35. The predicted molar refractivity (Wildman–Crippen MR) is 108 cm³/mol. The number of morpholine rings is 1. The van der Waals surface area contributed by atoms with Crippen molar-refractivity contribution in [1.82, 2.24) is 15.3 Å². The largest absolute Gasteiger partial charge is 0.439 e. The minimum atomic E-state index is -0.0460. The van der Waals surface area contributed by atoms with E-state index >= 15 is 0 Å². The number of nitrogens with zero attached hydrogens (tertiary/aromatic N) is 4. The second-order valence-electron chi connectivity index (χ2n) is 7.08. The Morgan fingerprint density at radius 3 is 2.79 bits per heavy atom. The molecule has 2 aliphatic rings. The molecule has 2 aromatic rings. The number of halogens is 1. The molecule has 3 heterocycles. The summed E-state index contributed by atoms with van der Waals surface area (Å²) in [6.45, 7) is 6.27. The maximum Gasteiger partial charge on any atom is 0.228 e. The number of rotatable bonds is 3. The number of hydrogen-bond acceptors (Lipinski definition) is 7. The highest BCUT2D eigenvalue weighted by molar-refractivity contribution is 5.85. The molecule has 0 unspecified atom stereocenters. The summed E-state index contributed by atoms with van der Waals surface area (Å²) in [6, 6.07) is 11.0. The van der Waals surface area contributed by atoms with Crippen molar-refractivity contribution in [3.63, 3.8) is 0 Å². The third-order valence-corrected chi connectivity index (χ3v) is 5.10. The zero-order valence-corrected chi connectivity index (χ0v) is 16.7. The number of hydrogen-bond donors (Lipinski definition) is 1. The average molecular weight is 402 g/mol. The monoisotopic (exact) mass is 401 g/mol. The molecule has 8 heteroatoms. The van der Waals surface area contributed by atoms with Crippen LogP contribution in [0.1, 0.15) is 24.1 Å².